The number of halogens is 7. The Morgan fingerprint density at radius 2 is 1.69 bits per heavy atom. The van der Waals surface area contributed by atoms with E-state index in [-0.39, 0.29) is 53.4 Å². The Morgan fingerprint density at radius 3 is 2.28 bits per heavy atom. The number of hydrogen-bond acceptors (Lipinski definition) is 2. The number of Topliss-reactive ketones (excluding diaryl/α,β-unsaturated/α-hetero) is 1. The van der Waals surface area contributed by atoms with Gasteiger partial charge >= 0.3 is 0 Å². The molecule has 1 N–H and O–H groups in total. The summed E-state index contributed by atoms with van der Waals surface area (Å²) in [6.07, 6.45) is -0.613. The largest absolute Gasteiger partial charge is 0.326 e. The molecule has 2 aliphatic rings. The van der Waals surface area contributed by atoms with E-state index in [9.17, 15) is 18.4 Å². The van der Waals surface area contributed by atoms with E-state index in [1.165, 1.54) is 12.1 Å². The molecule has 2 aromatic rings. The van der Waals surface area contributed by atoms with Crippen LogP contribution in [0.3, 0.4) is 0 Å². The summed E-state index contributed by atoms with van der Waals surface area (Å²) in [4.78, 5) is 25.5. The third kappa shape index (κ3) is 4.95. The number of anilines is 1. The molecule has 2 aromatic carbocycles. The molecule has 4 rings (SSSR count). The molecule has 3 atom stereocenters. The Bertz CT molecular complexity index is 1080. The maximum Gasteiger partial charge on any atom is 0.248 e. The van der Waals surface area contributed by atoms with E-state index in [2.05, 4.69) is 21.2 Å². The lowest BCUT2D eigenvalue weighted by atomic mass is 9.77. The molecule has 10 heteroatoms. The second-order valence-corrected chi connectivity index (χ2v) is 11.9. The van der Waals surface area contributed by atoms with Crippen LogP contribution in [-0.2, 0) is 4.79 Å². The monoisotopic (exact) mass is 583 g/mol. The number of amides is 1. The number of benzene rings is 2. The zero-order valence-electron chi connectivity index (χ0n) is 16.3. The Morgan fingerprint density at radius 1 is 1.06 bits per heavy atom. The highest BCUT2D eigenvalue weighted by Gasteiger charge is 2.67. The molecule has 2 fully saturated rings. The molecule has 170 valence electrons. The van der Waals surface area contributed by atoms with Gasteiger partial charge in [-0.3, -0.25) is 9.59 Å². The molecule has 0 heterocycles. The molecule has 0 bridgehead atoms. The number of hydrogen-bond donors (Lipinski definition) is 1. The third-order valence-corrected chi connectivity index (χ3v) is 7.99. The SMILES string of the molecule is O=C(CC1CC(F)(F)C1)c1cc(NC(=O)C2C(c3cc(Cl)cc(Cl)c3)C2(Cl)Br)ccc1Cl. The van der Waals surface area contributed by atoms with Gasteiger partial charge in [0, 0.05) is 46.5 Å². The van der Waals surface area contributed by atoms with Gasteiger partial charge in [0.1, 0.15) is 3.78 Å². The smallest absolute Gasteiger partial charge is 0.248 e. The Hall–Kier alpha value is -0.920. The normalized spacial score (nSPS) is 26.3. The van der Waals surface area contributed by atoms with Crippen LogP contribution in [0.15, 0.2) is 36.4 Å². The fourth-order valence-corrected chi connectivity index (χ4v) is 6.21. The van der Waals surface area contributed by atoms with Gasteiger partial charge in [0.15, 0.2) is 5.78 Å². The number of nitrogens with one attached hydrogen (secondary N) is 1. The van der Waals surface area contributed by atoms with Gasteiger partial charge in [-0.2, -0.15) is 0 Å². The topological polar surface area (TPSA) is 46.2 Å². The van der Waals surface area contributed by atoms with Gasteiger partial charge in [-0.1, -0.05) is 50.7 Å². The van der Waals surface area contributed by atoms with E-state index in [1.54, 1.807) is 24.3 Å². The molecule has 0 radical (unpaired) electrons. The van der Waals surface area contributed by atoms with Crippen molar-refractivity contribution in [1.29, 1.82) is 0 Å². The number of carbonyl (C=O) groups excluding carboxylic acids is 2. The minimum atomic E-state index is -2.69. The average molecular weight is 586 g/mol. The molecule has 2 aliphatic carbocycles. The lowest BCUT2D eigenvalue weighted by Crippen LogP contribution is -2.36. The number of rotatable bonds is 6. The van der Waals surface area contributed by atoms with Crippen LogP contribution in [-0.4, -0.2) is 21.4 Å². The zero-order chi connectivity index (χ0) is 23.4. The molecule has 2 saturated carbocycles. The van der Waals surface area contributed by atoms with Crippen LogP contribution in [0, 0.1) is 11.8 Å². The van der Waals surface area contributed by atoms with Gasteiger partial charge in [0.2, 0.25) is 11.8 Å². The highest BCUT2D eigenvalue weighted by atomic mass is 79.9. The molecule has 32 heavy (non-hydrogen) atoms. The average Bonchev–Trinajstić information content (AvgIpc) is 3.23. The van der Waals surface area contributed by atoms with Crippen LogP contribution in [0.1, 0.15) is 41.1 Å². The number of alkyl halides is 4. The molecule has 0 spiro atoms. The highest BCUT2D eigenvalue weighted by Crippen LogP contribution is 2.66. The molecule has 0 aromatic heterocycles. The van der Waals surface area contributed by atoms with Crippen molar-refractivity contribution >= 4 is 79.7 Å². The summed E-state index contributed by atoms with van der Waals surface area (Å²) in [5.74, 6) is -4.75. The highest BCUT2D eigenvalue weighted by molar-refractivity contribution is 9.10. The fraction of sp³-hybridized carbons (Fsp3) is 0.364. The maximum atomic E-state index is 13.1. The van der Waals surface area contributed by atoms with Crippen molar-refractivity contribution in [3.05, 3.63) is 62.6 Å². The van der Waals surface area contributed by atoms with Crippen molar-refractivity contribution in [3.8, 4) is 0 Å². The standard InChI is InChI=1S/C22H16BrCl4F2NO2/c23-22(27)18(11-4-12(24)6-13(25)5-11)19(22)20(32)30-14-1-2-16(26)15(7-14)17(31)3-10-8-21(28,29)9-10/h1-2,4-7,10,18-19H,3,8-9H2,(H,30,32). The Kier molecular flexibility index (Phi) is 6.58. The van der Waals surface area contributed by atoms with Gasteiger partial charge in [0.05, 0.1) is 10.9 Å². The quantitative estimate of drug-likeness (QED) is 0.276. The lowest BCUT2D eigenvalue weighted by Gasteiger charge is -2.34. The first-order valence-electron chi connectivity index (χ1n) is 9.72. The van der Waals surface area contributed by atoms with Crippen molar-refractivity contribution in [2.24, 2.45) is 11.8 Å². The minimum Gasteiger partial charge on any atom is -0.326 e. The summed E-state index contributed by atoms with van der Waals surface area (Å²) in [6, 6.07) is 9.50. The summed E-state index contributed by atoms with van der Waals surface area (Å²) >= 11 is 28.2. The van der Waals surface area contributed by atoms with E-state index in [0.717, 1.165) is 5.56 Å². The summed E-state index contributed by atoms with van der Waals surface area (Å²) in [7, 11) is 0. The molecule has 3 nitrogen and oxygen atoms in total. The van der Waals surface area contributed by atoms with E-state index in [1.807, 2.05) is 0 Å². The molecular weight excluding hydrogens is 570 g/mol. The fourth-order valence-electron chi connectivity index (χ4n) is 4.16. The van der Waals surface area contributed by atoms with Crippen LogP contribution >= 0.6 is 62.3 Å². The first-order chi connectivity index (χ1) is 14.9. The summed E-state index contributed by atoms with van der Waals surface area (Å²) in [5, 5.41) is 3.82. The van der Waals surface area contributed by atoms with Gasteiger partial charge in [0.25, 0.3) is 0 Å². The zero-order valence-corrected chi connectivity index (χ0v) is 20.9. The van der Waals surface area contributed by atoms with Crippen LogP contribution < -0.4 is 5.32 Å². The van der Waals surface area contributed by atoms with Gasteiger partial charge < -0.3 is 5.32 Å². The predicted molar refractivity (Wildman–Crippen MR) is 127 cm³/mol. The first kappa shape index (κ1) is 24.2. The Labute approximate surface area is 211 Å². The van der Waals surface area contributed by atoms with E-state index < -0.39 is 15.6 Å². The van der Waals surface area contributed by atoms with Crippen LogP contribution in [0.25, 0.3) is 0 Å². The van der Waals surface area contributed by atoms with Gasteiger partial charge in [-0.15, -0.1) is 11.6 Å². The molecule has 0 saturated heterocycles. The second kappa shape index (κ2) is 8.70. The van der Waals surface area contributed by atoms with Crippen molar-refractivity contribution in [2.75, 3.05) is 5.32 Å². The number of ketones is 1. The van der Waals surface area contributed by atoms with Gasteiger partial charge in [-0.05, 0) is 47.9 Å². The molecule has 0 aliphatic heterocycles. The van der Waals surface area contributed by atoms with E-state index in [4.69, 9.17) is 46.4 Å². The predicted octanol–water partition coefficient (Wildman–Crippen LogP) is 7.95. The molecular formula is C22H16BrCl4F2NO2. The summed E-state index contributed by atoms with van der Waals surface area (Å²) in [6.45, 7) is 0. The van der Waals surface area contributed by atoms with Crippen molar-refractivity contribution in [2.45, 2.75) is 34.9 Å². The van der Waals surface area contributed by atoms with Gasteiger partial charge in [-0.25, -0.2) is 8.78 Å². The second-order valence-electron chi connectivity index (χ2n) is 8.27. The first-order valence-corrected chi connectivity index (χ1v) is 12.0. The molecule has 3 unspecified atom stereocenters. The summed E-state index contributed by atoms with van der Waals surface area (Å²) < 4.78 is 25.1. The summed E-state index contributed by atoms with van der Waals surface area (Å²) in [5.41, 5.74) is 1.26. The lowest BCUT2D eigenvalue weighted by molar-refractivity contribution is -0.117. The van der Waals surface area contributed by atoms with Crippen LogP contribution in [0.4, 0.5) is 14.5 Å². The third-order valence-electron chi connectivity index (χ3n) is 5.76. The minimum absolute atomic E-state index is 0.0148. The van der Waals surface area contributed by atoms with E-state index in [0.29, 0.717) is 15.7 Å². The van der Waals surface area contributed by atoms with Crippen molar-refractivity contribution < 1.29 is 18.4 Å². The maximum absolute atomic E-state index is 13.1. The van der Waals surface area contributed by atoms with Crippen molar-refractivity contribution in [1.82, 2.24) is 0 Å². The van der Waals surface area contributed by atoms with Crippen LogP contribution in [0.2, 0.25) is 15.1 Å². The molecule has 1 amide bonds. The number of carbonyl (C=O) groups is 2. The van der Waals surface area contributed by atoms with Crippen LogP contribution in [0.5, 0.6) is 0 Å². The van der Waals surface area contributed by atoms with E-state index >= 15 is 0 Å². The van der Waals surface area contributed by atoms with Crippen molar-refractivity contribution in [3.63, 3.8) is 0 Å². The Balaban J connectivity index is 1.46.